The molecule has 1 saturated carbocycles. The number of nitrogens with zero attached hydrogens (tertiary/aromatic N) is 1. The van der Waals surface area contributed by atoms with Crippen LogP contribution < -0.4 is 0 Å². The van der Waals surface area contributed by atoms with Crippen LogP contribution in [-0.4, -0.2) is 28.9 Å². The third-order valence-corrected chi connectivity index (χ3v) is 3.94. The fourth-order valence-corrected chi connectivity index (χ4v) is 2.33. The molecule has 4 nitrogen and oxygen atoms in total. The van der Waals surface area contributed by atoms with Crippen LogP contribution in [0.2, 0.25) is 10.0 Å². The Bertz CT molecular complexity index is 533. The second-order valence-corrected chi connectivity index (χ2v) is 5.54. The van der Waals surface area contributed by atoms with Crippen LogP contribution in [0.1, 0.15) is 12.0 Å². The van der Waals surface area contributed by atoms with Gasteiger partial charge in [0, 0.05) is 13.6 Å². The van der Waals surface area contributed by atoms with Crippen molar-refractivity contribution in [1.82, 2.24) is 4.90 Å². The summed E-state index contributed by atoms with van der Waals surface area (Å²) < 4.78 is 0. The van der Waals surface area contributed by atoms with Crippen molar-refractivity contribution in [2.75, 3.05) is 7.05 Å². The minimum Gasteiger partial charge on any atom is -0.481 e. The number of hydrogen-bond acceptors (Lipinski definition) is 2. The van der Waals surface area contributed by atoms with Gasteiger partial charge in [0.05, 0.1) is 21.9 Å². The average molecular weight is 302 g/mol. The van der Waals surface area contributed by atoms with Crippen molar-refractivity contribution in [3.63, 3.8) is 0 Å². The summed E-state index contributed by atoms with van der Waals surface area (Å²) in [4.78, 5) is 24.2. The van der Waals surface area contributed by atoms with E-state index in [2.05, 4.69) is 0 Å². The molecule has 2 atom stereocenters. The van der Waals surface area contributed by atoms with Gasteiger partial charge >= 0.3 is 5.97 Å². The van der Waals surface area contributed by atoms with Crippen molar-refractivity contribution in [2.24, 2.45) is 11.8 Å². The number of carbonyl (C=O) groups excluding carboxylic acids is 1. The molecule has 2 rings (SSSR count). The third kappa shape index (κ3) is 3.19. The van der Waals surface area contributed by atoms with Gasteiger partial charge in [-0.15, -0.1) is 0 Å². The molecule has 1 fully saturated rings. The van der Waals surface area contributed by atoms with Crippen LogP contribution >= 0.6 is 23.2 Å². The smallest absolute Gasteiger partial charge is 0.307 e. The average Bonchev–Trinajstić information content (AvgIpc) is 3.13. The zero-order valence-corrected chi connectivity index (χ0v) is 11.8. The zero-order valence-electron chi connectivity index (χ0n) is 10.3. The van der Waals surface area contributed by atoms with E-state index < -0.39 is 11.9 Å². The molecule has 6 heteroatoms. The predicted octanol–water partition coefficient (Wildman–Crippen LogP) is 2.67. The maximum atomic E-state index is 12.0. The number of amides is 1. The van der Waals surface area contributed by atoms with Crippen LogP contribution in [0.3, 0.4) is 0 Å². The van der Waals surface area contributed by atoms with E-state index in [-0.39, 0.29) is 11.8 Å². The molecular formula is C13H13Cl2NO3. The number of carboxylic acid groups (broad SMARTS) is 1. The molecule has 1 aliphatic rings. The van der Waals surface area contributed by atoms with Gasteiger partial charge in [-0.1, -0.05) is 29.3 Å². The molecule has 19 heavy (non-hydrogen) atoms. The quantitative estimate of drug-likeness (QED) is 0.930. The molecule has 0 radical (unpaired) electrons. The highest BCUT2D eigenvalue weighted by Gasteiger charge is 2.49. The molecule has 0 heterocycles. The van der Waals surface area contributed by atoms with Crippen LogP contribution in [0.25, 0.3) is 0 Å². The van der Waals surface area contributed by atoms with Crippen molar-refractivity contribution in [2.45, 2.75) is 13.0 Å². The number of aliphatic carboxylic acids is 1. The molecule has 0 aromatic heterocycles. The Morgan fingerprint density at radius 3 is 2.53 bits per heavy atom. The summed E-state index contributed by atoms with van der Waals surface area (Å²) in [5.74, 6) is -1.95. The molecule has 1 aromatic rings. The zero-order chi connectivity index (χ0) is 14.2. The lowest BCUT2D eigenvalue weighted by Crippen LogP contribution is -2.28. The van der Waals surface area contributed by atoms with Crippen molar-refractivity contribution in [3.05, 3.63) is 33.8 Å². The SMILES string of the molecule is CN(Cc1ccc(Cl)c(Cl)c1)C(=O)C1CC1C(=O)O. The highest BCUT2D eigenvalue weighted by molar-refractivity contribution is 6.42. The Morgan fingerprint density at radius 2 is 2.00 bits per heavy atom. The molecule has 1 aliphatic carbocycles. The van der Waals surface area contributed by atoms with Crippen LogP contribution in [0.5, 0.6) is 0 Å². The molecule has 0 spiro atoms. The lowest BCUT2D eigenvalue weighted by Gasteiger charge is -2.17. The van der Waals surface area contributed by atoms with Gasteiger partial charge in [-0.25, -0.2) is 0 Å². The van der Waals surface area contributed by atoms with E-state index in [0.717, 1.165) is 5.56 Å². The van der Waals surface area contributed by atoms with E-state index in [1.807, 2.05) is 0 Å². The number of carboxylic acids is 1. The number of benzene rings is 1. The van der Waals surface area contributed by atoms with Crippen molar-refractivity contribution in [3.8, 4) is 0 Å². The van der Waals surface area contributed by atoms with Gasteiger partial charge in [0.1, 0.15) is 0 Å². The third-order valence-electron chi connectivity index (χ3n) is 3.20. The Labute approximate surface area is 120 Å². The fraction of sp³-hybridized carbons (Fsp3) is 0.385. The topological polar surface area (TPSA) is 57.6 Å². The van der Waals surface area contributed by atoms with Crippen LogP contribution in [0, 0.1) is 11.8 Å². The van der Waals surface area contributed by atoms with E-state index in [1.54, 1.807) is 25.2 Å². The van der Waals surface area contributed by atoms with Gasteiger partial charge in [-0.05, 0) is 24.1 Å². The first-order valence-corrected chi connectivity index (χ1v) is 6.57. The Morgan fingerprint density at radius 1 is 1.32 bits per heavy atom. The summed E-state index contributed by atoms with van der Waals surface area (Å²) in [6, 6.07) is 5.17. The van der Waals surface area contributed by atoms with E-state index in [9.17, 15) is 9.59 Å². The monoisotopic (exact) mass is 301 g/mol. The second kappa shape index (κ2) is 5.39. The number of rotatable bonds is 4. The van der Waals surface area contributed by atoms with Crippen LogP contribution in [0.15, 0.2) is 18.2 Å². The molecule has 0 aliphatic heterocycles. The van der Waals surface area contributed by atoms with E-state index in [0.29, 0.717) is 23.0 Å². The molecule has 0 bridgehead atoms. The molecule has 1 aromatic carbocycles. The van der Waals surface area contributed by atoms with Gasteiger partial charge in [0.15, 0.2) is 0 Å². The van der Waals surface area contributed by atoms with Crippen molar-refractivity contribution < 1.29 is 14.7 Å². The van der Waals surface area contributed by atoms with E-state index >= 15 is 0 Å². The number of hydrogen-bond donors (Lipinski definition) is 1. The summed E-state index contributed by atoms with van der Waals surface area (Å²) in [5.41, 5.74) is 0.859. The normalized spacial score (nSPS) is 21.0. The summed E-state index contributed by atoms with van der Waals surface area (Å²) in [5, 5.41) is 9.71. The molecule has 2 unspecified atom stereocenters. The highest BCUT2D eigenvalue weighted by atomic mass is 35.5. The van der Waals surface area contributed by atoms with Gasteiger partial charge < -0.3 is 10.0 Å². The minimum absolute atomic E-state index is 0.140. The first-order chi connectivity index (χ1) is 8.90. The molecule has 1 N–H and O–H groups in total. The van der Waals surface area contributed by atoms with E-state index in [4.69, 9.17) is 28.3 Å². The van der Waals surface area contributed by atoms with Crippen molar-refractivity contribution in [1.29, 1.82) is 0 Å². The van der Waals surface area contributed by atoms with Crippen LogP contribution in [0.4, 0.5) is 0 Å². The summed E-state index contributed by atoms with van der Waals surface area (Å²) in [7, 11) is 1.65. The minimum atomic E-state index is -0.902. The highest BCUT2D eigenvalue weighted by Crippen LogP contribution is 2.40. The maximum Gasteiger partial charge on any atom is 0.307 e. The molecular weight excluding hydrogens is 289 g/mol. The Balaban J connectivity index is 1.97. The molecule has 0 saturated heterocycles. The molecule has 1 amide bonds. The predicted molar refractivity (Wildman–Crippen MR) is 72.2 cm³/mol. The number of carbonyl (C=O) groups is 2. The van der Waals surface area contributed by atoms with Crippen LogP contribution in [-0.2, 0) is 16.1 Å². The van der Waals surface area contributed by atoms with Crippen molar-refractivity contribution >= 4 is 35.1 Å². The summed E-state index contributed by atoms with van der Waals surface area (Å²) >= 11 is 11.7. The lowest BCUT2D eigenvalue weighted by atomic mass is 10.2. The van der Waals surface area contributed by atoms with Gasteiger partial charge in [-0.2, -0.15) is 0 Å². The maximum absolute atomic E-state index is 12.0. The fourth-order valence-electron chi connectivity index (χ4n) is 2.01. The van der Waals surface area contributed by atoms with Gasteiger partial charge in [0.25, 0.3) is 0 Å². The Hall–Kier alpha value is -1.26. The molecule has 102 valence electrons. The summed E-state index contributed by atoms with van der Waals surface area (Å²) in [6.07, 6.45) is 0.430. The van der Waals surface area contributed by atoms with Gasteiger partial charge in [0.2, 0.25) is 5.91 Å². The number of halogens is 2. The largest absolute Gasteiger partial charge is 0.481 e. The second-order valence-electron chi connectivity index (χ2n) is 4.73. The van der Waals surface area contributed by atoms with E-state index in [1.165, 1.54) is 4.90 Å². The van der Waals surface area contributed by atoms with Gasteiger partial charge in [-0.3, -0.25) is 9.59 Å². The first kappa shape index (κ1) is 14.2. The Kier molecular flexibility index (Phi) is 4.02. The lowest BCUT2D eigenvalue weighted by molar-refractivity contribution is -0.141. The standard InChI is InChI=1S/C13H13Cl2NO3/c1-16(12(17)8-5-9(8)13(18)19)6-7-2-3-10(14)11(15)4-7/h2-4,8-9H,5-6H2,1H3,(H,18,19). The first-order valence-electron chi connectivity index (χ1n) is 5.82. The summed E-state index contributed by atoms with van der Waals surface area (Å²) in [6.45, 7) is 0.387.